The molecule has 0 aromatic carbocycles. The Kier molecular flexibility index (Phi) is 2.90. The second-order valence-electron chi connectivity index (χ2n) is 3.53. The van der Waals surface area contributed by atoms with Crippen LogP contribution in [0.3, 0.4) is 0 Å². The van der Waals surface area contributed by atoms with Crippen molar-refractivity contribution in [1.29, 1.82) is 0 Å². The van der Waals surface area contributed by atoms with Crippen LogP contribution in [0.5, 0.6) is 0 Å². The van der Waals surface area contributed by atoms with E-state index < -0.39 is 0 Å². The molecule has 0 spiro atoms. The van der Waals surface area contributed by atoms with Crippen LogP contribution in [0.1, 0.15) is 6.92 Å². The van der Waals surface area contributed by atoms with E-state index in [0.29, 0.717) is 6.04 Å². The van der Waals surface area contributed by atoms with E-state index in [2.05, 4.69) is 37.8 Å². The summed E-state index contributed by atoms with van der Waals surface area (Å²) in [5, 5.41) is 5.04. The molecule has 0 radical (unpaired) electrons. The molecule has 0 saturated heterocycles. The summed E-state index contributed by atoms with van der Waals surface area (Å²) in [6.45, 7) is 2.15. The average Bonchev–Trinajstić information content (AvgIpc) is 2.73. The van der Waals surface area contributed by atoms with E-state index in [1.165, 1.54) is 0 Å². The Balaban J connectivity index is 2.35. The van der Waals surface area contributed by atoms with E-state index in [1.807, 2.05) is 25.4 Å². The number of rotatable bonds is 3. The van der Waals surface area contributed by atoms with Crippen molar-refractivity contribution >= 4 is 27.4 Å². The molecular formula is C10H13BrN4. The highest BCUT2D eigenvalue weighted by Crippen LogP contribution is 2.13. The van der Waals surface area contributed by atoms with Gasteiger partial charge in [0.05, 0.1) is 6.20 Å². The molecule has 0 aliphatic heterocycles. The zero-order chi connectivity index (χ0) is 10.8. The summed E-state index contributed by atoms with van der Waals surface area (Å²) < 4.78 is 1.76. The normalized spacial score (nSPS) is 13.0. The van der Waals surface area contributed by atoms with Crippen molar-refractivity contribution in [3.05, 3.63) is 24.5 Å². The number of anilines is 1. The molecule has 2 rings (SSSR count). The summed E-state index contributed by atoms with van der Waals surface area (Å²) >= 11 is 3.47. The zero-order valence-electron chi connectivity index (χ0n) is 8.76. The van der Waals surface area contributed by atoms with Gasteiger partial charge in [0.25, 0.3) is 0 Å². The molecule has 0 amide bonds. The van der Waals surface area contributed by atoms with Crippen molar-refractivity contribution in [1.82, 2.24) is 14.6 Å². The third kappa shape index (κ3) is 1.97. The van der Waals surface area contributed by atoms with Crippen LogP contribution in [0.25, 0.3) is 5.65 Å². The molecule has 0 saturated carbocycles. The highest BCUT2D eigenvalue weighted by molar-refractivity contribution is 9.09. The van der Waals surface area contributed by atoms with Gasteiger partial charge in [0, 0.05) is 30.7 Å². The lowest BCUT2D eigenvalue weighted by Gasteiger charge is -2.24. The number of halogens is 1. The number of hydrogen-bond donors (Lipinski definition) is 0. The maximum atomic E-state index is 4.51. The van der Waals surface area contributed by atoms with Gasteiger partial charge in [-0.15, -0.1) is 0 Å². The van der Waals surface area contributed by atoms with E-state index in [-0.39, 0.29) is 0 Å². The zero-order valence-corrected chi connectivity index (χ0v) is 10.3. The summed E-state index contributed by atoms with van der Waals surface area (Å²) in [4.78, 5) is 6.65. The fourth-order valence-electron chi connectivity index (χ4n) is 1.33. The van der Waals surface area contributed by atoms with Gasteiger partial charge < -0.3 is 4.90 Å². The Bertz CT molecular complexity index is 453. The molecule has 1 atom stereocenters. The number of alkyl halides is 1. The number of fused-ring (bicyclic) bond motifs is 1. The molecule has 15 heavy (non-hydrogen) atoms. The topological polar surface area (TPSA) is 33.4 Å². The Morgan fingerprint density at radius 1 is 1.53 bits per heavy atom. The lowest BCUT2D eigenvalue weighted by atomic mass is 10.3. The fourth-order valence-corrected chi connectivity index (χ4v) is 1.76. The van der Waals surface area contributed by atoms with Gasteiger partial charge in [-0.3, -0.25) is 0 Å². The van der Waals surface area contributed by atoms with Crippen molar-refractivity contribution in [2.75, 3.05) is 17.3 Å². The molecule has 2 aromatic rings. The van der Waals surface area contributed by atoms with Crippen molar-refractivity contribution in [2.24, 2.45) is 0 Å². The van der Waals surface area contributed by atoms with Gasteiger partial charge in [0.2, 0.25) is 0 Å². The molecule has 5 heteroatoms. The Hall–Kier alpha value is -1.10. The van der Waals surface area contributed by atoms with Crippen LogP contribution >= 0.6 is 15.9 Å². The highest BCUT2D eigenvalue weighted by atomic mass is 79.9. The minimum atomic E-state index is 0.419. The predicted octanol–water partition coefficient (Wildman–Crippen LogP) is 1.95. The molecule has 0 bridgehead atoms. The van der Waals surface area contributed by atoms with Crippen molar-refractivity contribution in [3.63, 3.8) is 0 Å². The second-order valence-corrected chi connectivity index (χ2v) is 4.18. The van der Waals surface area contributed by atoms with Crippen LogP contribution in [0.15, 0.2) is 24.5 Å². The van der Waals surface area contributed by atoms with Gasteiger partial charge in [-0.25, -0.2) is 9.50 Å². The Morgan fingerprint density at radius 3 is 3.07 bits per heavy atom. The summed E-state index contributed by atoms with van der Waals surface area (Å²) in [5.74, 6) is 0.968. The van der Waals surface area contributed by atoms with Crippen LogP contribution in [-0.4, -0.2) is 33.0 Å². The van der Waals surface area contributed by atoms with Gasteiger partial charge in [-0.05, 0) is 13.0 Å². The summed E-state index contributed by atoms with van der Waals surface area (Å²) in [6, 6.07) is 4.29. The first-order valence-electron chi connectivity index (χ1n) is 4.81. The highest BCUT2D eigenvalue weighted by Gasteiger charge is 2.10. The molecule has 4 nitrogen and oxygen atoms in total. The monoisotopic (exact) mass is 268 g/mol. The minimum absolute atomic E-state index is 0.419. The summed E-state index contributed by atoms with van der Waals surface area (Å²) in [6.07, 6.45) is 3.68. The maximum absolute atomic E-state index is 4.51. The third-order valence-corrected chi connectivity index (χ3v) is 3.43. The SMILES string of the molecule is CC(CBr)N(C)c1ccn2nccc2n1. The van der Waals surface area contributed by atoms with Crippen molar-refractivity contribution in [3.8, 4) is 0 Å². The van der Waals surface area contributed by atoms with E-state index in [9.17, 15) is 0 Å². The lowest BCUT2D eigenvalue weighted by Crippen LogP contribution is -2.30. The summed E-state index contributed by atoms with van der Waals surface area (Å²) in [5.41, 5.74) is 0.876. The largest absolute Gasteiger partial charge is 0.356 e. The Morgan fingerprint density at radius 2 is 2.33 bits per heavy atom. The van der Waals surface area contributed by atoms with Gasteiger partial charge in [0.1, 0.15) is 5.82 Å². The van der Waals surface area contributed by atoms with Crippen LogP contribution < -0.4 is 4.90 Å². The van der Waals surface area contributed by atoms with Gasteiger partial charge in [-0.1, -0.05) is 15.9 Å². The van der Waals surface area contributed by atoms with Crippen molar-refractivity contribution < 1.29 is 0 Å². The van der Waals surface area contributed by atoms with E-state index in [1.54, 1.807) is 10.7 Å². The van der Waals surface area contributed by atoms with Gasteiger partial charge >= 0.3 is 0 Å². The molecule has 2 heterocycles. The van der Waals surface area contributed by atoms with E-state index in [0.717, 1.165) is 16.8 Å². The van der Waals surface area contributed by atoms with Gasteiger partial charge in [-0.2, -0.15) is 5.10 Å². The molecule has 80 valence electrons. The number of nitrogens with zero attached hydrogens (tertiary/aromatic N) is 4. The molecule has 0 N–H and O–H groups in total. The molecule has 0 aliphatic carbocycles. The second kappa shape index (κ2) is 4.18. The quantitative estimate of drug-likeness (QED) is 0.798. The first kappa shape index (κ1) is 10.4. The average molecular weight is 269 g/mol. The number of hydrogen-bond acceptors (Lipinski definition) is 3. The molecule has 1 unspecified atom stereocenters. The first-order chi connectivity index (χ1) is 7.22. The first-order valence-corrected chi connectivity index (χ1v) is 5.93. The van der Waals surface area contributed by atoms with Crippen molar-refractivity contribution in [2.45, 2.75) is 13.0 Å². The maximum Gasteiger partial charge on any atom is 0.157 e. The fraction of sp³-hybridized carbons (Fsp3) is 0.400. The third-order valence-electron chi connectivity index (χ3n) is 2.49. The van der Waals surface area contributed by atoms with Crippen LogP contribution in [0, 0.1) is 0 Å². The number of aromatic nitrogens is 3. The van der Waals surface area contributed by atoms with Crippen LogP contribution in [0.4, 0.5) is 5.82 Å². The molecular weight excluding hydrogens is 256 g/mol. The molecule has 2 aromatic heterocycles. The lowest BCUT2D eigenvalue weighted by molar-refractivity contribution is 0.755. The van der Waals surface area contributed by atoms with E-state index >= 15 is 0 Å². The van der Waals surface area contributed by atoms with E-state index in [4.69, 9.17) is 0 Å². The van der Waals surface area contributed by atoms with Crippen LogP contribution in [0.2, 0.25) is 0 Å². The minimum Gasteiger partial charge on any atom is -0.356 e. The Labute approximate surface area is 97.0 Å². The smallest absolute Gasteiger partial charge is 0.157 e. The predicted molar refractivity (Wildman–Crippen MR) is 64.6 cm³/mol. The summed E-state index contributed by atoms with van der Waals surface area (Å²) in [7, 11) is 2.04. The molecule has 0 aliphatic rings. The van der Waals surface area contributed by atoms with Crippen LogP contribution in [-0.2, 0) is 0 Å². The van der Waals surface area contributed by atoms with Gasteiger partial charge in [0.15, 0.2) is 5.65 Å². The molecule has 0 fully saturated rings. The standard InChI is InChI=1S/C10H13BrN4/c1-8(7-11)14(2)9-4-6-15-10(13-9)3-5-12-15/h3-6,8H,7H2,1-2H3.